The minimum Gasteiger partial charge on any atom is -0.390 e. The number of nitrogens with zero attached hydrogens (tertiary/aromatic N) is 4. The smallest absolute Gasteiger partial charge is 0.390 e. The van der Waals surface area contributed by atoms with Crippen LogP contribution in [0.15, 0.2) is 12.1 Å². The summed E-state index contributed by atoms with van der Waals surface area (Å²) in [5, 5.41) is 20.7. The van der Waals surface area contributed by atoms with Crippen LogP contribution < -0.4 is 15.0 Å². The van der Waals surface area contributed by atoms with Crippen molar-refractivity contribution in [2.75, 3.05) is 37.6 Å². The highest BCUT2D eigenvalue weighted by atomic mass is 16.6. The van der Waals surface area contributed by atoms with Crippen LogP contribution in [-0.2, 0) is 4.79 Å². The summed E-state index contributed by atoms with van der Waals surface area (Å²) in [5.41, 5.74) is -1.11. The SMILES string of the molecule is O=C(NCCC1CC1)Oc1ccc(N2CCN(C(=O)C3(O)CC3)CC2)nn1. The summed E-state index contributed by atoms with van der Waals surface area (Å²) in [6, 6.07) is 3.37. The molecule has 2 amide bonds. The summed E-state index contributed by atoms with van der Waals surface area (Å²) in [6.07, 6.45) is 4.12. The quantitative estimate of drug-likeness (QED) is 0.747. The minimum atomic E-state index is -1.11. The molecule has 1 aromatic rings. The molecule has 0 bridgehead atoms. The van der Waals surface area contributed by atoms with Crippen LogP contribution in [0.5, 0.6) is 5.88 Å². The molecule has 0 spiro atoms. The fourth-order valence-corrected chi connectivity index (χ4v) is 3.22. The molecule has 3 aliphatic rings. The van der Waals surface area contributed by atoms with Gasteiger partial charge in [-0.2, -0.15) is 0 Å². The van der Waals surface area contributed by atoms with E-state index in [1.54, 1.807) is 17.0 Å². The second-order valence-corrected chi connectivity index (χ2v) is 7.59. The molecule has 2 N–H and O–H groups in total. The number of hydrogen-bond acceptors (Lipinski definition) is 7. The van der Waals surface area contributed by atoms with E-state index in [2.05, 4.69) is 15.5 Å². The zero-order valence-corrected chi connectivity index (χ0v) is 15.3. The molecule has 9 heteroatoms. The predicted octanol–water partition coefficient (Wildman–Crippen LogP) is 0.539. The molecular weight excluding hydrogens is 350 g/mol. The van der Waals surface area contributed by atoms with E-state index >= 15 is 0 Å². The van der Waals surface area contributed by atoms with E-state index in [0.29, 0.717) is 51.4 Å². The third kappa shape index (κ3) is 4.47. The van der Waals surface area contributed by atoms with Crippen LogP contribution in [-0.4, -0.2) is 70.5 Å². The topological polar surface area (TPSA) is 108 Å². The van der Waals surface area contributed by atoms with Crippen LogP contribution >= 0.6 is 0 Å². The molecule has 4 rings (SSSR count). The van der Waals surface area contributed by atoms with Crippen molar-refractivity contribution >= 4 is 17.8 Å². The highest BCUT2D eigenvalue weighted by molar-refractivity contribution is 5.88. The second kappa shape index (κ2) is 7.30. The van der Waals surface area contributed by atoms with E-state index < -0.39 is 11.7 Å². The van der Waals surface area contributed by atoms with Crippen LogP contribution in [0.2, 0.25) is 0 Å². The molecule has 2 heterocycles. The minimum absolute atomic E-state index is 0.160. The van der Waals surface area contributed by atoms with Crippen LogP contribution in [0.25, 0.3) is 0 Å². The van der Waals surface area contributed by atoms with Crippen LogP contribution in [0.4, 0.5) is 10.6 Å². The number of anilines is 1. The average Bonchev–Trinajstić information content (AvgIpc) is 3.60. The predicted molar refractivity (Wildman–Crippen MR) is 96.4 cm³/mol. The van der Waals surface area contributed by atoms with Gasteiger partial charge < -0.3 is 25.0 Å². The van der Waals surface area contributed by atoms with Crippen molar-refractivity contribution in [3.05, 3.63) is 12.1 Å². The number of piperazine rings is 1. The molecule has 3 fully saturated rings. The highest BCUT2D eigenvalue weighted by Crippen LogP contribution is 2.37. The maximum absolute atomic E-state index is 12.2. The van der Waals surface area contributed by atoms with Gasteiger partial charge in [0.2, 0.25) is 5.88 Å². The van der Waals surface area contributed by atoms with Crippen molar-refractivity contribution in [3.8, 4) is 5.88 Å². The van der Waals surface area contributed by atoms with Gasteiger partial charge in [0.05, 0.1) is 0 Å². The number of carbonyl (C=O) groups excluding carboxylic acids is 2. The van der Waals surface area contributed by atoms with Gasteiger partial charge in [-0.3, -0.25) is 4.79 Å². The van der Waals surface area contributed by atoms with Crippen LogP contribution in [0.3, 0.4) is 0 Å². The Labute approximate surface area is 157 Å². The summed E-state index contributed by atoms with van der Waals surface area (Å²) >= 11 is 0. The number of hydrogen-bond donors (Lipinski definition) is 2. The summed E-state index contributed by atoms with van der Waals surface area (Å²) in [7, 11) is 0. The Balaban J connectivity index is 1.23. The number of ether oxygens (including phenoxy) is 1. The normalized spacial score (nSPS) is 20.9. The first-order chi connectivity index (χ1) is 13.0. The van der Waals surface area contributed by atoms with Crippen molar-refractivity contribution in [2.45, 2.75) is 37.7 Å². The van der Waals surface area contributed by atoms with Gasteiger partial charge >= 0.3 is 6.09 Å². The lowest BCUT2D eigenvalue weighted by Crippen LogP contribution is -2.52. The zero-order chi connectivity index (χ0) is 18.9. The van der Waals surface area contributed by atoms with E-state index in [-0.39, 0.29) is 11.8 Å². The molecule has 0 unspecified atom stereocenters. The fourth-order valence-electron chi connectivity index (χ4n) is 3.22. The first-order valence-electron chi connectivity index (χ1n) is 9.60. The molecule has 0 atom stereocenters. The Morgan fingerprint density at radius 3 is 2.52 bits per heavy atom. The lowest BCUT2D eigenvalue weighted by molar-refractivity contribution is -0.142. The van der Waals surface area contributed by atoms with E-state index in [1.807, 2.05) is 4.90 Å². The Morgan fingerprint density at radius 2 is 1.93 bits per heavy atom. The zero-order valence-electron chi connectivity index (χ0n) is 15.3. The molecule has 1 aliphatic heterocycles. The summed E-state index contributed by atoms with van der Waals surface area (Å²) in [6.45, 7) is 2.96. The second-order valence-electron chi connectivity index (χ2n) is 7.59. The standard InChI is InChI=1S/C18H25N5O4/c24-16(18(26)6-7-18)23-11-9-22(10-12-23)14-3-4-15(21-20-14)27-17(25)19-8-5-13-1-2-13/h3-4,13,26H,1-2,5-12H2,(H,19,25). The van der Waals surface area contributed by atoms with E-state index in [0.717, 1.165) is 12.3 Å². The number of aromatic nitrogens is 2. The van der Waals surface area contributed by atoms with Gasteiger partial charge in [-0.15, -0.1) is 10.2 Å². The number of nitrogens with one attached hydrogen (secondary N) is 1. The van der Waals surface area contributed by atoms with Crippen LogP contribution in [0.1, 0.15) is 32.1 Å². The number of rotatable bonds is 6. The Hall–Kier alpha value is -2.42. The monoisotopic (exact) mass is 375 g/mol. The summed E-state index contributed by atoms with van der Waals surface area (Å²) in [5.74, 6) is 1.43. The molecule has 0 aromatic carbocycles. The third-order valence-corrected chi connectivity index (χ3v) is 5.35. The van der Waals surface area contributed by atoms with E-state index in [1.165, 1.54) is 12.8 Å². The van der Waals surface area contributed by atoms with Gasteiger partial charge in [-0.1, -0.05) is 12.8 Å². The average molecular weight is 375 g/mol. The van der Waals surface area contributed by atoms with Gasteiger partial charge in [-0.05, 0) is 31.2 Å². The summed E-state index contributed by atoms with van der Waals surface area (Å²) < 4.78 is 5.13. The maximum Gasteiger partial charge on any atom is 0.413 e. The molecule has 9 nitrogen and oxygen atoms in total. The Kier molecular flexibility index (Phi) is 4.86. The molecule has 2 aliphatic carbocycles. The van der Waals surface area contributed by atoms with Crippen molar-refractivity contribution in [3.63, 3.8) is 0 Å². The molecule has 0 radical (unpaired) electrons. The molecule has 1 saturated heterocycles. The van der Waals surface area contributed by atoms with E-state index in [9.17, 15) is 14.7 Å². The molecule has 27 heavy (non-hydrogen) atoms. The lowest BCUT2D eigenvalue weighted by Gasteiger charge is -2.36. The fraction of sp³-hybridized carbons (Fsp3) is 0.667. The maximum atomic E-state index is 12.2. The number of amides is 2. The van der Waals surface area contributed by atoms with Gasteiger partial charge in [-0.25, -0.2) is 4.79 Å². The summed E-state index contributed by atoms with van der Waals surface area (Å²) in [4.78, 5) is 27.6. The molecule has 146 valence electrons. The highest BCUT2D eigenvalue weighted by Gasteiger charge is 2.50. The van der Waals surface area contributed by atoms with Crippen molar-refractivity contribution in [1.29, 1.82) is 0 Å². The number of aliphatic hydroxyl groups is 1. The molecule has 1 aromatic heterocycles. The Morgan fingerprint density at radius 1 is 1.19 bits per heavy atom. The Bertz CT molecular complexity index is 694. The van der Waals surface area contributed by atoms with Crippen molar-refractivity contribution < 1.29 is 19.4 Å². The van der Waals surface area contributed by atoms with Crippen molar-refractivity contribution in [2.24, 2.45) is 5.92 Å². The van der Waals surface area contributed by atoms with Gasteiger partial charge in [0.1, 0.15) is 5.60 Å². The number of carbonyl (C=O) groups is 2. The molecular formula is C18H25N5O4. The lowest BCUT2D eigenvalue weighted by atomic mass is 10.2. The van der Waals surface area contributed by atoms with E-state index in [4.69, 9.17) is 4.74 Å². The van der Waals surface area contributed by atoms with Gasteiger partial charge in [0.15, 0.2) is 5.82 Å². The molecule has 2 saturated carbocycles. The van der Waals surface area contributed by atoms with Gasteiger partial charge in [0.25, 0.3) is 5.91 Å². The largest absolute Gasteiger partial charge is 0.413 e. The van der Waals surface area contributed by atoms with Crippen molar-refractivity contribution in [1.82, 2.24) is 20.4 Å². The first kappa shape index (κ1) is 18.0. The third-order valence-electron chi connectivity index (χ3n) is 5.35. The van der Waals surface area contributed by atoms with Crippen LogP contribution in [0, 0.1) is 5.92 Å². The van der Waals surface area contributed by atoms with Gasteiger partial charge in [0, 0.05) is 38.8 Å². The first-order valence-corrected chi connectivity index (χ1v) is 9.60.